The molecule has 4 aromatic heterocycles. The molecule has 0 unspecified atom stereocenters. The van der Waals surface area contributed by atoms with Gasteiger partial charge in [0.2, 0.25) is 0 Å². The van der Waals surface area contributed by atoms with Crippen molar-refractivity contribution in [2.45, 2.75) is 0 Å². The molecule has 4 nitrogen and oxygen atoms in total. The topological polar surface area (TPSA) is 56.4 Å². The average Bonchev–Trinajstić information content (AvgIpc) is 3.68. The van der Waals surface area contributed by atoms with Gasteiger partial charge in [-0.2, -0.15) is 10.5 Å². The number of para-hydroxylation sites is 2. The van der Waals surface area contributed by atoms with Crippen LogP contribution >= 0.6 is 0 Å². The summed E-state index contributed by atoms with van der Waals surface area (Å²) >= 11 is 0. The van der Waals surface area contributed by atoms with E-state index in [1.807, 2.05) is 48.5 Å². The van der Waals surface area contributed by atoms with Crippen LogP contribution in [0.15, 0.2) is 255 Å². The Bertz CT molecular complexity index is 5170. The first-order valence-electron chi connectivity index (χ1n) is 27.2. The van der Waals surface area contributed by atoms with Gasteiger partial charge in [0.05, 0.1) is 56.4 Å². The zero-order valence-corrected chi connectivity index (χ0v) is 43.0. The van der Waals surface area contributed by atoms with Gasteiger partial charge in [0.1, 0.15) is 0 Å². The van der Waals surface area contributed by atoms with Crippen molar-refractivity contribution >= 4 is 97.7 Å². The molecule has 17 rings (SSSR count). The highest BCUT2D eigenvalue weighted by Crippen LogP contribution is 2.56. The summed E-state index contributed by atoms with van der Waals surface area (Å²) < 4.78 is 5.22. The Morgan fingerprint density at radius 2 is 0.600 bits per heavy atom. The predicted octanol–water partition coefficient (Wildman–Crippen LogP) is 20.0. The smallest absolute Gasteiger partial charge is 0.0991 e. The molecule has 4 heterocycles. The van der Waals surface area contributed by atoms with Crippen molar-refractivity contribution in [1.82, 2.24) is 8.80 Å². The molecule has 366 valence electrons. The van der Waals surface area contributed by atoms with Gasteiger partial charge in [-0.3, -0.25) is 0 Å². The molecule has 0 aliphatic rings. The summed E-state index contributed by atoms with van der Waals surface area (Å²) in [5.41, 5.74) is 22.6. The highest BCUT2D eigenvalue weighted by Gasteiger charge is 2.32. The van der Waals surface area contributed by atoms with E-state index in [1.54, 1.807) is 0 Å². The van der Waals surface area contributed by atoms with Crippen molar-refractivity contribution in [3.05, 3.63) is 266 Å². The van der Waals surface area contributed by atoms with E-state index in [0.29, 0.717) is 11.1 Å². The standard InChI is InChI=1S/C76H42N4/c77-43-45-19-23-47(24-20-45)51-27-29-55-41-57(33-31-53(55)39-51)59-35-37-63-71-67(49-11-3-1-4-12-49)75-72(68(50-13-5-2-6-14-50)76(71)80-66-18-10-8-16-62(66)69(59)73(63)80)64-38-36-60(70-61-15-7-9-17-65(61)79(75)74(64)70)58-34-32-54-40-52(28-30-56(54)42-58)48-25-21-46(44-78)22-26-48/h1-42H. The summed E-state index contributed by atoms with van der Waals surface area (Å²) in [7, 11) is 0. The number of fused-ring (bicyclic) bond motifs is 14. The fraction of sp³-hybridized carbons (Fsp3) is 0. The Kier molecular flexibility index (Phi) is 9.23. The second-order valence-corrected chi connectivity index (χ2v) is 21.3. The van der Waals surface area contributed by atoms with Crippen molar-refractivity contribution in [3.63, 3.8) is 0 Å². The molecule has 80 heavy (non-hydrogen) atoms. The molecule has 0 N–H and O–H groups in total. The number of nitrogens with zero attached hydrogens (tertiary/aromatic N) is 4. The van der Waals surface area contributed by atoms with Crippen molar-refractivity contribution in [1.29, 1.82) is 10.5 Å². The number of nitriles is 2. The molecule has 0 aliphatic carbocycles. The molecule has 0 spiro atoms. The van der Waals surface area contributed by atoms with Gasteiger partial charge in [0.25, 0.3) is 0 Å². The maximum atomic E-state index is 9.42. The molecule has 0 bridgehead atoms. The minimum Gasteiger partial charge on any atom is -0.307 e. The fourth-order valence-corrected chi connectivity index (χ4v) is 13.7. The number of hydrogen-bond acceptors (Lipinski definition) is 2. The molecule has 0 saturated heterocycles. The Balaban J connectivity index is 0.959. The summed E-state index contributed by atoms with van der Waals surface area (Å²) in [6.07, 6.45) is 0. The largest absolute Gasteiger partial charge is 0.307 e. The van der Waals surface area contributed by atoms with Crippen molar-refractivity contribution < 1.29 is 0 Å². The molecule has 17 aromatic rings. The van der Waals surface area contributed by atoms with Crippen LogP contribution in [0.25, 0.3) is 164 Å². The van der Waals surface area contributed by atoms with Crippen LogP contribution in [-0.4, -0.2) is 8.80 Å². The lowest BCUT2D eigenvalue weighted by atomic mass is 9.88. The zero-order valence-electron chi connectivity index (χ0n) is 43.0. The van der Waals surface area contributed by atoms with E-state index in [1.165, 1.54) is 142 Å². The van der Waals surface area contributed by atoms with Crippen molar-refractivity contribution in [3.8, 4) is 78.9 Å². The normalized spacial score (nSPS) is 12.0. The predicted molar refractivity (Wildman–Crippen MR) is 333 cm³/mol. The third kappa shape index (κ3) is 6.19. The summed E-state index contributed by atoms with van der Waals surface area (Å²) in [6.45, 7) is 0. The second kappa shape index (κ2) is 16.7. The van der Waals surface area contributed by atoms with Gasteiger partial charge >= 0.3 is 0 Å². The molecule has 0 atom stereocenters. The van der Waals surface area contributed by atoms with E-state index in [0.717, 1.165) is 22.3 Å². The minimum atomic E-state index is 0.660. The molecular formula is C76H42N4. The molecule has 0 aliphatic heterocycles. The number of rotatable bonds is 6. The fourth-order valence-electron chi connectivity index (χ4n) is 13.7. The van der Waals surface area contributed by atoms with Gasteiger partial charge in [0.15, 0.2) is 0 Å². The van der Waals surface area contributed by atoms with E-state index in [4.69, 9.17) is 0 Å². The highest BCUT2D eigenvalue weighted by molar-refractivity contribution is 6.39. The molecule has 4 heteroatoms. The van der Waals surface area contributed by atoms with E-state index in [-0.39, 0.29) is 0 Å². The van der Waals surface area contributed by atoms with Crippen molar-refractivity contribution in [2.24, 2.45) is 0 Å². The van der Waals surface area contributed by atoms with Crippen LogP contribution in [0, 0.1) is 22.7 Å². The van der Waals surface area contributed by atoms with Crippen LogP contribution in [0.2, 0.25) is 0 Å². The monoisotopic (exact) mass is 1010 g/mol. The van der Waals surface area contributed by atoms with E-state index in [2.05, 4.69) is 227 Å². The summed E-state index contributed by atoms with van der Waals surface area (Å²) in [6, 6.07) is 97.1. The maximum Gasteiger partial charge on any atom is 0.0991 e. The molecule has 0 saturated carbocycles. The first-order chi connectivity index (χ1) is 39.6. The minimum absolute atomic E-state index is 0.660. The van der Waals surface area contributed by atoms with Gasteiger partial charge in [-0.1, -0.05) is 194 Å². The molecule has 0 fully saturated rings. The molecule has 13 aromatic carbocycles. The van der Waals surface area contributed by atoms with Gasteiger partial charge in [-0.15, -0.1) is 0 Å². The van der Waals surface area contributed by atoms with Gasteiger partial charge in [-0.25, -0.2) is 0 Å². The number of aromatic nitrogens is 2. The van der Waals surface area contributed by atoms with E-state index in [9.17, 15) is 10.5 Å². The Morgan fingerprint density at radius 3 is 1.00 bits per heavy atom. The van der Waals surface area contributed by atoms with Crippen LogP contribution in [0.1, 0.15) is 11.1 Å². The molecule has 0 amide bonds. The number of benzene rings is 13. The highest BCUT2D eigenvalue weighted by atomic mass is 14.9. The van der Waals surface area contributed by atoms with Gasteiger partial charge < -0.3 is 8.80 Å². The maximum absolute atomic E-state index is 9.42. The summed E-state index contributed by atoms with van der Waals surface area (Å²) in [5.74, 6) is 0. The van der Waals surface area contributed by atoms with E-state index < -0.39 is 0 Å². The van der Waals surface area contributed by atoms with Crippen LogP contribution in [0.3, 0.4) is 0 Å². The number of hydrogen-bond donors (Lipinski definition) is 0. The van der Waals surface area contributed by atoms with Gasteiger partial charge in [-0.05, 0) is 138 Å². The van der Waals surface area contributed by atoms with Crippen LogP contribution in [-0.2, 0) is 0 Å². The van der Waals surface area contributed by atoms with Gasteiger partial charge in [0, 0.05) is 54.2 Å². The Hall–Kier alpha value is -11.0. The lowest BCUT2D eigenvalue weighted by Crippen LogP contribution is -1.93. The lowest BCUT2D eigenvalue weighted by molar-refractivity contribution is 1.36. The second-order valence-electron chi connectivity index (χ2n) is 21.3. The summed E-state index contributed by atoms with van der Waals surface area (Å²) in [5, 5.41) is 33.4. The SMILES string of the molecule is N#Cc1ccc(-c2ccc3cc(-c4ccc5c6c(-c7ccccc7)c7c(c(-c8ccccc8)c6n6c8ccccc8c4c56)c4ccc(-c5ccc6cc(-c8ccc(C#N)cc8)ccc6c5)c5c6ccccc6n7c45)ccc3c2)cc1. The first-order valence-corrected chi connectivity index (χ1v) is 27.2. The lowest BCUT2D eigenvalue weighted by Gasteiger charge is -2.16. The van der Waals surface area contributed by atoms with Crippen molar-refractivity contribution in [2.75, 3.05) is 0 Å². The average molecular weight is 1010 g/mol. The van der Waals surface area contributed by atoms with Crippen LogP contribution in [0.5, 0.6) is 0 Å². The third-order valence-corrected chi connectivity index (χ3v) is 17.2. The first kappa shape index (κ1) is 44.1. The van der Waals surface area contributed by atoms with E-state index >= 15 is 0 Å². The summed E-state index contributed by atoms with van der Waals surface area (Å²) in [4.78, 5) is 0. The molecule has 0 radical (unpaired) electrons. The third-order valence-electron chi connectivity index (χ3n) is 17.2. The van der Waals surface area contributed by atoms with Crippen LogP contribution in [0.4, 0.5) is 0 Å². The zero-order chi connectivity index (χ0) is 52.7. The molecular weight excluding hydrogens is 969 g/mol. The van der Waals surface area contributed by atoms with Crippen LogP contribution < -0.4 is 0 Å². The Morgan fingerprint density at radius 1 is 0.250 bits per heavy atom. The Labute approximate surface area is 459 Å². The quantitative estimate of drug-likeness (QED) is 0.167.